The molecule has 1 N–H and O–H groups in total. The predicted molar refractivity (Wildman–Crippen MR) is 104 cm³/mol. The normalized spacial score (nSPS) is 14.2. The molecule has 3 aromatic rings. The summed E-state index contributed by atoms with van der Waals surface area (Å²) in [5.41, 5.74) is 2.10. The molecule has 1 aliphatic rings. The summed E-state index contributed by atoms with van der Waals surface area (Å²) in [5.74, 6) is 1.27. The number of hydrogen-bond acceptors (Lipinski definition) is 7. The lowest BCUT2D eigenvalue weighted by Crippen LogP contribution is -2.36. The Bertz CT molecular complexity index is 990. The average Bonchev–Trinajstić information content (AvgIpc) is 3.36. The predicted octanol–water partition coefficient (Wildman–Crippen LogP) is 3.57. The monoisotopic (exact) mass is 401 g/mol. The molecule has 2 aromatic heterocycles. The first-order valence-corrected chi connectivity index (χ1v) is 9.51. The molecular formula is C18H16ClN5O2S. The van der Waals surface area contributed by atoms with Gasteiger partial charge in [0.15, 0.2) is 5.82 Å². The standard InChI is InChI=1S/C18H16ClN5O2S/c1-25-11-2-3-12(14(19)8-11)15-13(9-20)18(24-4-6-26-7-5-24)27-16(15)17-21-10-22-23-17/h2-3,8,10H,4-7H2,1H3,(H,21,22,23). The molecule has 1 aliphatic heterocycles. The third kappa shape index (κ3) is 3.25. The number of morpholine rings is 1. The molecule has 0 aliphatic carbocycles. The fraction of sp³-hybridized carbons (Fsp3) is 0.278. The van der Waals surface area contributed by atoms with E-state index in [9.17, 15) is 5.26 Å². The number of benzene rings is 1. The van der Waals surface area contributed by atoms with Crippen LogP contribution in [0.5, 0.6) is 5.75 Å². The number of aromatic nitrogens is 3. The van der Waals surface area contributed by atoms with Crippen molar-refractivity contribution in [1.82, 2.24) is 15.2 Å². The third-order valence-corrected chi connectivity index (χ3v) is 5.95. The van der Waals surface area contributed by atoms with Gasteiger partial charge in [-0.3, -0.25) is 5.10 Å². The summed E-state index contributed by atoms with van der Waals surface area (Å²) in [4.78, 5) is 7.30. The second kappa shape index (κ2) is 7.56. The molecule has 4 rings (SSSR count). The largest absolute Gasteiger partial charge is 0.497 e. The maximum Gasteiger partial charge on any atom is 0.166 e. The fourth-order valence-electron chi connectivity index (χ4n) is 3.08. The summed E-state index contributed by atoms with van der Waals surface area (Å²) in [6.07, 6.45) is 1.45. The van der Waals surface area contributed by atoms with E-state index in [0.717, 1.165) is 34.1 Å². The third-order valence-electron chi connectivity index (χ3n) is 4.38. The molecule has 3 heterocycles. The van der Waals surface area contributed by atoms with Crippen LogP contribution in [0.1, 0.15) is 5.56 Å². The maximum atomic E-state index is 9.98. The summed E-state index contributed by atoms with van der Waals surface area (Å²) in [6.45, 7) is 2.75. The number of H-pyrrole nitrogens is 1. The summed E-state index contributed by atoms with van der Waals surface area (Å²) >= 11 is 8.05. The quantitative estimate of drug-likeness (QED) is 0.719. The van der Waals surface area contributed by atoms with Crippen LogP contribution >= 0.6 is 22.9 Å². The molecule has 0 unspecified atom stereocenters. The van der Waals surface area contributed by atoms with Crippen LogP contribution in [0.25, 0.3) is 21.8 Å². The molecule has 1 saturated heterocycles. The summed E-state index contributed by atoms with van der Waals surface area (Å²) < 4.78 is 10.7. The van der Waals surface area contributed by atoms with E-state index in [4.69, 9.17) is 21.1 Å². The van der Waals surface area contributed by atoms with Crippen LogP contribution in [-0.2, 0) is 4.74 Å². The highest BCUT2D eigenvalue weighted by Crippen LogP contribution is 2.48. The van der Waals surface area contributed by atoms with E-state index in [1.807, 2.05) is 12.1 Å². The Balaban J connectivity index is 1.93. The molecule has 1 fully saturated rings. The molecular weight excluding hydrogens is 386 g/mol. The van der Waals surface area contributed by atoms with E-state index in [1.54, 1.807) is 13.2 Å². The Morgan fingerprint density at radius 1 is 1.37 bits per heavy atom. The number of ether oxygens (including phenoxy) is 2. The summed E-state index contributed by atoms with van der Waals surface area (Å²) in [6, 6.07) is 7.82. The number of anilines is 1. The molecule has 0 bridgehead atoms. The van der Waals surface area contributed by atoms with Crippen LogP contribution in [0.4, 0.5) is 5.00 Å². The number of halogens is 1. The van der Waals surface area contributed by atoms with Crippen LogP contribution in [0.3, 0.4) is 0 Å². The van der Waals surface area contributed by atoms with Crippen molar-refractivity contribution in [2.75, 3.05) is 38.3 Å². The minimum atomic E-state index is 0.512. The Hall–Kier alpha value is -2.60. The highest BCUT2D eigenvalue weighted by Gasteiger charge is 2.27. The van der Waals surface area contributed by atoms with Gasteiger partial charge >= 0.3 is 0 Å². The first-order chi connectivity index (χ1) is 13.2. The fourth-order valence-corrected chi connectivity index (χ4v) is 4.61. The zero-order valence-corrected chi connectivity index (χ0v) is 16.1. The summed E-state index contributed by atoms with van der Waals surface area (Å²) in [5, 5.41) is 18.3. The Morgan fingerprint density at radius 2 is 2.19 bits per heavy atom. The molecule has 0 spiro atoms. The van der Waals surface area contributed by atoms with Gasteiger partial charge in [-0.1, -0.05) is 11.6 Å². The van der Waals surface area contributed by atoms with Crippen molar-refractivity contribution in [2.45, 2.75) is 0 Å². The van der Waals surface area contributed by atoms with Crippen LogP contribution < -0.4 is 9.64 Å². The van der Waals surface area contributed by atoms with Gasteiger partial charge in [0.2, 0.25) is 0 Å². The van der Waals surface area contributed by atoms with Crippen molar-refractivity contribution in [3.63, 3.8) is 0 Å². The second-order valence-corrected chi connectivity index (χ2v) is 7.28. The average molecular weight is 402 g/mol. The van der Waals surface area contributed by atoms with Gasteiger partial charge in [0.05, 0.1) is 35.8 Å². The van der Waals surface area contributed by atoms with Gasteiger partial charge in [-0.25, -0.2) is 4.98 Å². The Kier molecular flexibility index (Phi) is 4.99. The zero-order chi connectivity index (χ0) is 18.8. The molecule has 0 atom stereocenters. The number of hydrogen-bond donors (Lipinski definition) is 1. The molecule has 27 heavy (non-hydrogen) atoms. The number of nitrogens with one attached hydrogen (secondary N) is 1. The first-order valence-electron chi connectivity index (χ1n) is 8.32. The van der Waals surface area contributed by atoms with Crippen LogP contribution in [0, 0.1) is 11.3 Å². The Labute approximate surface area is 165 Å². The van der Waals surface area contributed by atoms with E-state index in [0.29, 0.717) is 35.4 Å². The molecule has 138 valence electrons. The molecule has 0 amide bonds. The molecule has 0 saturated carbocycles. The highest BCUT2D eigenvalue weighted by molar-refractivity contribution is 7.20. The highest BCUT2D eigenvalue weighted by atomic mass is 35.5. The van der Waals surface area contributed by atoms with E-state index in [-0.39, 0.29) is 0 Å². The number of rotatable bonds is 4. The van der Waals surface area contributed by atoms with Gasteiger partial charge in [0, 0.05) is 24.2 Å². The zero-order valence-electron chi connectivity index (χ0n) is 14.5. The van der Waals surface area contributed by atoms with Crippen LogP contribution in [-0.4, -0.2) is 48.6 Å². The van der Waals surface area contributed by atoms with Crippen molar-refractivity contribution >= 4 is 27.9 Å². The van der Waals surface area contributed by atoms with Crippen molar-refractivity contribution in [3.8, 4) is 33.6 Å². The van der Waals surface area contributed by atoms with Gasteiger partial charge in [-0.05, 0) is 18.2 Å². The van der Waals surface area contributed by atoms with Crippen molar-refractivity contribution in [1.29, 1.82) is 5.26 Å². The number of nitrogens with zero attached hydrogens (tertiary/aromatic N) is 4. The lowest BCUT2D eigenvalue weighted by Gasteiger charge is -2.27. The van der Waals surface area contributed by atoms with E-state index >= 15 is 0 Å². The maximum absolute atomic E-state index is 9.98. The molecule has 9 heteroatoms. The van der Waals surface area contributed by atoms with Crippen molar-refractivity contribution < 1.29 is 9.47 Å². The van der Waals surface area contributed by atoms with Gasteiger partial charge in [-0.2, -0.15) is 10.4 Å². The van der Waals surface area contributed by atoms with Gasteiger partial charge in [0.25, 0.3) is 0 Å². The van der Waals surface area contributed by atoms with Crippen molar-refractivity contribution in [2.24, 2.45) is 0 Å². The minimum absolute atomic E-state index is 0.512. The lowest BCUT2D eigenvalue weighted by atomic mass is 10.0. The van der Waals surface area contributed by atoms with E-state index in [2.05, 4.69) is 26.2 Å². The van der Waals surface area contributed by atoms with Crippen molar-refractivity contribution in [3.05, 3.63) is 35.1 Å². The van der Waals surface area contributed by atoms with Crippen LogP contribution in [0.2, 0.25) is 5.02 Å². The second-order valence-electron chi connectivity index (χ2n) is 5.88. The smallest absolute Gasteiger partial charge is 0.166 e. The first kappa shape index (κ1) is 17.8. The van der Waals surface area contributed by atoms with E-state index in [1.165, 1.54) is 17.7 Å². The minimum Gasteiger partial charge on any atom is -0.497 e. The van der Waals surface area contributed by atoms with Gasteiger partial charge < -0.3 is 14.4 Å². The van der Waals surface area contributed by atoms with Gasteiger partial charge in [-0.15, -0.1) is 11.3 Å². The summed E-state index contributed by atoms with van der Waals surface area (Å²) in [7, 11) is 1.59. The van der Waals surface area contributed by atoms with E-state index < -0.39 is 0 Å². The molecule has 0 radical (unpaired) electrons. The Morgan fingerprint density at radius 3 is 2.81 bits per heavy atom. The van der Waals surface area contributed by atoms with Gasteiger partial charge in [0.1, 0.15) is 23.1 Å². The molecule has 7 nitrogen and oxygen atoms in total. The topological polar surface area (TPSA) is 87.1 Å². The number of nitriles is 1. The molecule has 1 aromatic carbocycles. The lowest BCUT2D eigenvalue weighted by molar-refractivity contribution is 0.123. The number of aromatic amines is 1. The number of thiophene rings is 1. The number of methoxy groups -OCH3 is 1. The van der Waals surface area contributed by atoms with Crippen LogP contribution in [0.15, 0.2) is 24.5 Å². The SMILES string of the molecule is COc1ccc(-c2c(-c3ncn[nH]3)sc(N3CCOCC3)c2C#N)c(Cl)c1.